The zero-order valence-electron chi connectivity index (χ0n) is 7.32. The van der Waals surface area contributed by atoms with Crippen molar-refractivity contribution in [1.82, 2.24) is 9.88 Å². The second-order valence-corrected chi connectivity index (χ2v) is 3.93. The Hall–Kier alpha value is -0.970. The maximum Gasteiger partial charge on any atom is 0.276 e. The second-order valence-electron chi connectivity index (χ2n) is 2.86. The Kier molecular flexibility index (Phi) is 2.26. The molecule has 0 spiro atoms. The minimum atomic E-state index is -0.0261. The van der Waals surface area contributed by atoms with Crippen LogP contribution in [0.15, 0.2) is 10.7 Å². The Morgan fingerprint density at radius 3 is 3.15 bits per heavy atom. The molecule has 1 aromatic heterocycles. The Morgan fingerprint density at radius 2 is 2.62 bits per heavy atom. The zero-order chi connectivity index (χ0) is 9.26. The van der Waals surface area contributed by atoms with Gasteiger partial charge in [-0.3, -0.25) is 4.79 Å². The van der Waals surface area contributed by atoms with Gasteiger partial charge in [0.1, 0.15) is 6.26 Å². The van der Waals surface area contributed by atoms with Crippen LogP contribution in [0.3, 0.4) is 0 Å². The van der Waals surface area contributed by atoms with Crippen LogP contribution in [0.5, 0.6) is 0 Å². The topological polar surface area (TPSA) is 46.3 Å². The van der Waals surface area contributed by atoms with Crippen LogP contribution in [-0.2, 0) is 0 Å². The summed E-state index contributed by atoms with van der Waals surface area (Å²) < 4.78 is 4.98. The van der Waals surface area contributed by atoms with E-state index >= 15 is 0 Å². The Morgan fingerprint density at radius 1 is 1.77 bits per heavy atom. The fourth-order valence-electron chi connectivity index (χ4n) is 1.20. The summed E-state index contributed by atoms with van der Waals surface area (Å²) in [6.45, 7) is 2.55. The Balaban J connectivity index is 2.12. The predicted octanol–water partition coefficient (Wildman–Crippen LogP) is 1.13. The molecule has 4 nitrogen and oxygen atoms in total. The molecular weight excluding hydrogens is 188 g/mol. The molecule has 0 bridgehead atoms. The minimum Gasteiger partial charge on any atom is -0.448 e. The number of hydrogen-bond acceptors (Lipinski definition) is 4. The van der Waals surface area contributed by atoms with Crippen molar-refractivity contribution in [2.75, 3.05) is 18.2 Å². The van der Waals surface area contributed by atoms with E-state index in [1.165, 1.54) is 6.26 Å². The number of aryl methyl sites for hydroxylation is 1. The van der Waals surface area contributed by atoms with E-state index < -0.39 is 0 Å². The summed E-state index contributed by atoms with van der Waals surface area (Å²) in [5.74, 6) is 2.30. The van der Waals surface area contributed by atoms with Crippen molar-refractivity contribution < 1.29 is 9.21 Å². The van der Waals surface area contributed by atoms with Gasteiger partial charge in [0.2, 0.25) is 0 Å². The molecule has 70 valence electrons. The minimum absolute atomic E-state index is 0.0261. The van der Waals surface area contributed by atoms with Crippen LogP contribution in [0.2, 0.25) is 0 Å². The standard InChI is InChI=1S/C8H10N2O2S/c1-6-9-7(4-12-6)8(11)10-2-3-13-5-10/h4H,2-3,5H2,1H3. The first kappa shape index (κ1) is 8.62. The lowest BCUT2D eigenvalue weighted by molar-refractivity contribution is 0.0797. The van der Waals surface area contributed by atoms with Crippen molar-refractivity contribution in [3.8, 4) is 0 Å². The van der Waals surface area contributed by atoms with E-state index in [2.05, 4.69) is 4.98 Å². The molecule has 1 fully saturated rings. The summed E-state index contributed by atoms with van der Waals surface area (Å²) in [5, 5.41) is 0. The van der Waals surface area contributed by atoms with Crippen LogP contribution in [0.1, 0.15) is 16.4 Å². The van der Waals surface area contributed by atoms with Gasteiger partial charge < -0.3 is 9.32 Å². The highest BCUT2D eigenvalue weighted by molar-refractivity contribution is 7.99. The van der Waals surface area contributed by atoms with E-state index in [0.717, 1.165) is 18.2 Å². The summed E-state index contributed by atoms with van der Waals surface area (Å²) in [6, 6.07) is 0. The summed E-state index contributed by atoms with van der Waals surface area (Å²) in [5.41, 5.74) is 0.417. The normalized spacial score (nSPS) is 16.5. The van der Waals surface area contributed by atoms with Crippen molar-refractivity contribution >= 4 is 17.7 Å². The van der Waals surface area contributed by atoms with Crippen molar-refractivity contribution in [3.63, 3.8) is 0 Å². The molecule has 5 heteroatoms. The highest BCUT2D eigenvalue weighted by Gasteiger charge is 2.21. The van der Waals surface area contributed by atoms with E-state index in [1.54, 1.807) is 23.6 Å². The molecular formula is C8H10N2O2S. The van der Waals surface area contributed by atoms with Gasteiger partial charge in [-0.1, -0.05) is 0 Å². The molecule has 0 unspecified atom stereocenters. The molecule has 0 saturated carbocycles. The van der Waals surface area contributed by atoms with Crippen molar-refractivity contribution in [2.24, 2.45) is 0 Å². The Bertz CT molecular complexity index is 318. The molecule has 1 saturated heterocycles. The van der Waals surface area contributed by atoms with Gasteiger partial charge in [-0.05, 0) is 0 Å². The monoisotopic (exact) mass is 198 g/mol. The van der Waals surface area contributed by atoms with Gasteiger partial charge in [-0.25, -0.2) is 4.98 Å². The molecule has 1 aliphatic heterocycles. The van der Waals surface area contributed by atoms with Crippen molar-refractivity contribution in [3.05, 3.63) is 17.8 Å². The van der Waals surface area contributed by atoms with Crippen LogP contribution < -0.4 is 0 Å². The molecule has 0 radical (unpaired) electrons. The highest BCUT2D eigenvalue weighted by atomic mass is 32.2. The molecule has 2 heterocycles. The van der Waals surface area contributed by atoms with Crippen LogP contribution in [0.25, 0.3) is 0 Å². The summed E-state index contributed by atoms with van der Waals surface area (Å²) in [4.78, 5) is 17.4. The summed E-state index contributed by atoms with van der Waals surface area (Å²) in [6.07, 6.45) is 1.42. The number of oxazole rings is 1. The van der Waals surface area contributed by atoms with Gasteiger partial charge >= 0.3 is 0 Å². The van der Waals surface area contributed by atoms with Crippen LogP contribution in [-0.4, -0.2) is 34.0 Å². The number of amides is 1. The van der Waals surface area contributed by atoms with E-state index in [0.29, 0.717) is 11.6 Å². The number of nitrogens with zero attached hydrogens (tertiary/aromatic N) is 2. The van der Waals surface area contributed by atoms with Crippen LogP contribution >= 0.6 is 11.8 Å². The lowest BCUT2D eigenvalue weighted by Crippen LogP contribution is -2.28. The number of carbonyl (C=O) groups excluding carboxylic acids is 1. The third kappa shape index (κ3) is 1.70. The summed E-state index contributed by atoms with van der Waals surface area (Å²) >= 11 is 1.76. The van der Waals surface area contributed by atoms with Gasteiger partial charge in [0.05, 0.1) is 5.88 Å². The average molecular weight is 198 g/mol. The number of aromatic nitrogens is 1. The Labute approximate surface area is 80.3 Å². The second kappa shape index (κ2) is 3.41. The van der Waals surface area contributed by atoms with Gasteiger partial charge in [-0.2, -0.15) is 0 Å². The van der Waals surface area contributed by atoms with Crippen molar-refractivity contribution in [2.45, 2.75) is 6.92 Å². The first-order valence-electron chi connectivity index (χ1n) is 4.06. The third-order valence-electron chi connectivity index (χ3n) is 1.88. The summed E-state index contributed by atoms with van der Waals surface area (Å²) in [7, 11) is 0. The molecule has 13 heavy (non-hydrogen) atoms. The molecule has 1 aromatic rings. The van der Waals surface area contributed by atoms with Gasteiger partial charge in [0.15, 0.2) is 11.6 Å². The lowest BCUT2D eigenvalue weighted by atomic mass is 10.4. The molecule has 2 rings (SSSR count). The number of thioether (sulfide) groups is 1. The molecule has 1 aliphatic rings. The van der Waals surface area contributed by atoms with E-state index in [4.69, 9.17) is 4.42 Å². The smallest absolute Gasteiger partial charge is 0.276 e. The quantitative estimate of drug-likeness (QED) is 0.678. The zero-order valence-corrected chi connectivity index (χ0v) is 8.13. The van der Waals surface area contributed by atoms with Crippen LogP contribution in [0.4, 0.5) is 0 Å². The average Bonchev–Trinajstić information content (AvgIpc) is 2.72. The van der Waals surface area contributed by atoms with Crippen molar-refractivity contribution in [1.29, 1.82) is 0 Å². The fourth-order valence-corrected chi connectivity index (χ4v) is 2.14. The number of carbonyl (C=O) groups is 1. The molecule has 0 N–H and O–H groups in total. The number of rotatable bonds is 1. The third-order valence-corrected chi connectivity index (χ3v) is 2.84. The molecule has 0 atom stereocenters. The number of hydrogen-bond donors (Lipinski definition) is 0. The van der Waals surface area contributed by atoms with Gasteiger partial charge in [0.25, 0.3) is 5.91 Å². The maximum atomic E-state index is 11.7. The van der Waals surface area contributed by atoms with E-state index in [-0.39, 0.29) is 5.91 Å². The SMILES string of the molecule is Cc1nc(C(=O)N2CCSC2)co1. The maximum absolute atomic E-state index is 11.7. The lowest BCUT2D eigenvalue weighted by Gasteiger charge is -2.11. The molecule has 0 aromatic carbocycles. The van der Waals surface area contributed by atoms with Gasteiger partial charge in [0, 0.05) is 19.2 Å². The first-order valence-corrected chi connectivity index (χ1v) is 5.22. The van der Waals surface area contributed by atoms with E-state index in [9.17, 15) is 4.79 Å². The highest BCUT2D eigenvalue weighted by Crippen LogP contribution is 2.16. The largest absolute Gasteiger partial charge is 0.448 e. The predicted molar refractivity (Wildman–Crippen MR) is 49.6 cm³/mol. The molecule has 0 aliphatic carbocycles. The fraction of sp³-hybridized carbons (Fsp3) is 0.500. The van der Waals surface area contributed by atoms with Crippen LogP contribution in [0, 0.1) is 6.92 Å². The first-order chi connectivity index (χ1) is 6.27. The van der Waals surface area contributed by atoms with Gasteiger partial charge in [-0.15, -0.1) is 11.8 Å². The van der Waals surface area contributed by atoms with E-state index in [1.807, 2.05) is 0 Å². The molecule has 1 amide bonds.